The van der Waals surface area contributed by atoms with Crippen LogP contribution in [0.2, 0.25) is 0 Å². The number of hydrogen-bond donors (Lipinski definition) is 1. The molecule has 3 rings (SSSR count). The Balaban J connectivity index is 2.00. The molecule has 0 unspecified atom stereocenters. The Labute approximate surface area is 110 Å². The molecule has 2 aromatic heterocycles. The fourth-order valence-electron chi connectivity index (χ4n) is 2.38. The molecule has 0 amide bonds. The topological polar surface area (TPSA) is 71.1 Å². The number of aromatic nitrogens is 3. The smallest absolute Gasteiger partial charge is 0.269 e. The highest BCUT2D eigenvalue weighted by molar-refractivity contribution is 5.55. The third-order valence-electron chi connectivity index (χ3n) is 3.43. The largest absolute Gasteiger partial charge is 0.496 e. The number of anilines is 1. The lowest BCUT2D eigenvalue weighted by atomic mass is 10.2. The number of H-pyrrole nitrogens is 1. The van der Waals surface area contributed by atoms with Gasteiger partial charge in [-0.25, -0.2) is 5.10 Å². The summed E-state index contributed by atoms with van der Waals surface area (Å²) in [5.74, 6) is 0.836. The van der Waals surface area contributed by atoms with Crippen molar-refractivity contribution in [2.75, 3.05) is 12.0 Å². The van der Waals surface area contributed by atoms with Gasteiger partial charge in [0.25, 0.3) is 5.56 Å². The molecule has 1 N–H and O–H groups in total. The minimum atomic E-state index is -0.159. The molecular weight excluding hydrogens is 244 g/mol. The van der Waals surface area contributed by atoms with Crippen molar-refractivity contribution in [2.24, 2.45) is 0 Å². The van der Waals surface area contributed by atoms with Crippen molar-refractivity contribution < 1.29 is 4.74 Å². The summed E-state index contributed by atoms with van der Waals surface area (Å²) in [7, 11) is 1.65. The van der Waals surface area contributed by atoms with Crippen LogP contribution < -0.4 is 15.2 Å². The number of ether oxygens (including phenoxy) is 1. The monoisotopic (exact) mass is 258 g/mol. The Kier molecular flexibility index (Phi) is 2.70. The van der Waals surface area contributed by atoms with Gasteiger partial charge < -0.3 is 9.64 Å². The molecule has 0 saturated carbocycles. The predicted octanol–water partition coefficient (Wildman–Crippen LogP) is 1.00. The second-order valence-corrected chi connectivity index (χ2v) is 4.50. The van der Waals surface area contributed by atoms with E-state index >= 15 is 0 Å². The first-order valence-electron chi connectivity index (χ1n) is 6.00. The zero-order valence-corrected chi connectivity index (χ0v) is 10.8. The van der Waals surface area contributed by atoms with Crippen molar-refractivity contribution in [3.8, 4) is 5.75 Å². The van der Waals surface area contributed by atoms with E-state index in [0.29, 0.717) is 18.7 Å². The number of nitrogens with one attached hydrogen (secondary N) is 1. The maximum atomic E-state index is 11.6. The number of aromatic amines is 1. The van der Waals surface area contributed by atoms with Gasteiger partial charge in [-0.1, -0.05) is 0 Å². The summed E-state index contributed by atoms with van der Waals surface area (Å²) >= 11 is 0. The second kappa shape index (κ2) is 4.38. The molecule has 0 atom stereocenters. The molecule has 0 radical (unpaired) electrons. The maximum absolute atomic E-state index is 11.6. The fraction of sp³-hybridized carbons (Fsp3) is 0.308. The number of methoxy groups -OCH3 is 1. The van der Waals surface area contributed by atoms with Crippen molar-refractivity contribution in [1.82, 2.24) is 15.2 Å². The van der Waals surface area contributed by atoms with Crippen LogP contribution in [0.5, 0.6) is 5.75 Å². The molecule has 0 aliphatic carbocycles. The number of pyridine rings is 1. The lowest BCUT2D eigenvalue weighted by molar-refractivity contribution is 0.409. The van der Waals surface area contributed by atoms with E-state index in [1.165, 1.54) is 0 Å². The number of fused-ring (bicyclic) bond motifs is 1. The molecule has 0 spiro atoms. The first-order valence-corrected chi connectivity index (χ1v) is 6.00. The van der Waals surface area contributed by atoms with Crippen LogP contribution in [-0.2, 0) is 13.1 Å². The lowest BCUT2D eigenvalue weighted by Gasteiger charge is -2.18. The van der Waals surface area contributed by atoms with E-state index in [1.54, 1.807) is 26.4 Å². The van der Waals surface area contributed by atoms with Crippen LogP contribution in [0.3, 0.4) is 0 Å². The lowest BCUT2D eigenvalue weighted by Crippen LogP contribution is -2.21. The van der Waals surface area contributed by atoms with Gasteiger partial charge in [-0.05, 0) is 13.0 Å². The summed E-state index contributed by atoms with van der Waals surface area (Å²) in [5.41, 5.74) is 3.41. The van der Waals surface area contributed by atoms with E-state index in [1.807, 2.05) is 6.07 Å². The van der Waals surface area contributed by atoms with Crippen LogP contribution in [0.25, 0.3) is 0 Å². The molecule has 6 heteroatoms. The molecule has 6 nitrogen and oxygen atoms in total. The van der Waals surface area contributed by atoms with Crippen molar-refractivity contribution in [2.45, 2.75) is 20.0 Å². The zero-order chi connectivity index (χ0) is 13.4. The van der Waals surface area contributed by atoms with Gasteiger partial charge in [-0.2, -0.15) is 5.10 Å². The van der Waals surface area contributed by atoms with Gasteiger partial charge in [-0.15, -0.1) is 0 Å². The third-order valence-corrected chi connectivity index (χ3v) is 3.43. The highest BCUT2D eigenvalue weighted by Crippen LogP contribution is 2.32. The van der Waals surface area contributed by atoms with Crippen molar-refractivity contribution >= 4 is 5.69 Å². The first kappa shape index (κ1) is 11.7. The van der Waals surface area contributed by atoms with E-state index in [0.717, 1.165) is 22.7 Å². The van der Waals surface area contributed by atoms with E-state index in [2.05, 4.69) is 20.1 Å². The third kappa shape index (κ3) is 1.85. The Morgan fingerprint density at radius 1 is 1.42 bits per heavy atom. The average Bonchev–Trinajstić information content (AvgIpc) is 2.85. The molecule has 0 aromatic carbocycles. The van der Waals surface area contributed by atoms with Crippen molar-refractivity contribution in [3.05, 3.63) is 45.6 Å². The molecule has 1 aliphatic rings. The second-order valence-electron chi connectivity index (χ2n) is 4.50. The van der Waals surface area contributed by atoms with Crippen LogP contribution >= 0.6 is 0 Å². The van der Waals surface area contributed by atoms with Gasteiger partial charge in [0.05, 0.1) is 31.2 Å². The number of nitrogens with zero attached hydrogens (tertiary/aromatic N) is 3. The number of hydrogen-bond acceptors (Lipinski definition) is 5. The molecular formula is C13H14N4O2. The van der Waals surface area contributed by atoms with E-state index < -0.39 is 0 Å². The number of rotatable bonds is 2. The van der Waals surface area contributed by atoms with Gasteiger partial charge >= 0.3 is 0 Å². The summed E-state index contributed by atoms with van der Waals surface area (Å²) in [4.78, 5) is 18.1. The summed E-state index contributed by atoms with van der Waals surface area (Å²) in [6, 6.07) is 1.85. The Morgan fingerprint density at radius 2 is 2.26 bits per heavy atom. The Hall–Kier alpha value is -2.37. The fourth-order valence-corrected chi connectivity index (χ4v) is 2.38. The molecule has 0 bridgehead atoms. The Morgan fingerprint density at radius 3 is 3.05 bits per heavy atom. The zero-order valence-electron chi connectivity index (χ0n) is 10.8. The molecule has 98 valence electrons. The van der Waals surface area contributed by atoms with Crippen LogP contribution in [0.1, 0.15) is 16.8 Å². The molecule has 0 fully saturated rings. The molecule has 2 aromatic rings. The van der Waals surface area contributed by atoms with E-state index in [-0.39, 0.29) is 5.56 Å². The van der Waals surface area contributed by atoms with Gasteiger partial charge in [0.15, 0.2) is 0 Å². The average molecular weight is 258 g/mol. The van der Waals surface area contributed by atoms with Crippen molar-refractivity contribution in [1.29, 1.82) is 0 Å². The SMILES string of the molecule is COc1ccnc2c1CN(c1cn[nH]c(=O)c1C)C2. The highest BCUT2D eigenvalue weighted by Gasteiger charge is 2.25. The van der Waals surface area contributed by atoms with Gasteiger partial charge in [0, 0.05) is 23.9 Å². The van der Waals surface area contributed by atoms with Crippen LogP contribution in [0.4, 0.5) is 5.69 Å². The van der Waals surface area contributed by atoms with Crippen LogP contribution in [0, 0.1) is 6.92 Å². The normalized spacial score (nSPS) is 13.5. The molecule has 1 aliphatic heterocycles. The minimum absolute atomic E-state index is 0.159. The van der Waals surface area contributed by atoms with Gasteiger partial charge in [-0.3, -0.25) is 9.78 Å². The van der Waals surface area contributed by atoms with E-state index in [9.17, 15) is 4.79 Å². The summed E-state index contributed by atoms with van der Waals surface area (Å²) in [6.07, 6.45) is 3.42. The van der Waals surface area contributed by atoms with Gasteiger partial charge in [0.2, 0.25) is 0 Å². The quantitative estimate of drug-likeness (QED) is 0.870. The standard InChI is InChI=1S/C13H14N4O2/c1-8-11(5-15-16-13(8)18)17-6-9-10(7-17)14-4-3-12(9)19-2/h3-5H,6-7H2,1-2H3,(H,16,18). The Bertz CT molecular complexity index is 681. The maximum Gasteiger partial charge on any atom is 0.269 e. The van der Waals surface area contributed by atoms with Crippen LogP contribution in [0.15, 0.2) is 23.3 Å². The molecule has 0 saturated heterocycles. The highest BCUT2D eigenvalue weighted by atomic mass is 16.5. The summed E-state index contributed by atoms with van der Waals surface area (Å²) < 4.78 is 5.35. The summed E-state index contributed by atoms with van der Waals surface area (Å²) in [6.45, 7) is 3.14. The minimum Gasteiger partial charge on any atom is -0.496 e. The molecule has 3 heterocycles. The first-order chi connectivity index (χ1) is 9.20. The van der Waals surface area contributed by atoms with E-state index in [4.69, 9.17) is 4.74 Å². The molecule has 19 heavy (non-hydrogen) atoms. The van der Waals surface area contributed by atoms with Crippen molar-refractivity contribution in [3.63, 3.8) is 0 Å². The summed E-state index contributed by atoms with van der Waals surface area (Å²) in [5, 5.41) is 6.30. The van der Waals surface area contributed by atoms with Gasteiger partial charge in [0.1, 0.15) is 5.75 Å². The predicted molar refractivity (Wildman–Crippen MR) is 70.3 cm³/mol. The van der Waals surface area contributed by atoms with Crippen LogP contribution in [-0.4, -0.2) is 22.3 Å².